The number of nitrogens with zero attached hydrogens (tertiary/aromatic N) is 3. The zero-order valence-corrected chi connectivity index (χ0v) is 17.8. The van der Waals surface area contributed by atoms with Crippen LogP contribution in [0.25, 0.3) is 11.1 Å². The fraction of sp³-hybridized carbons (Fsp3) is 0.458. The molecule has 0 N–H and O–H groups in total. The molecule has 0 saturated carbocycles. The molecule has 3 rings (SSSR count). The molecule has 2 heterocycles. The summed E-state index contributed by atoms with van der Waals surface area (Å²) in [7, 11) is 0. The molecule has 1 aromatic heterocycles. The van der Waals surface area contributed by atoms with Gasteiger partial charge in [-0.25, -0.2) is 0 Å². The molecule has 0 aliphatic carbocycles. The second-order valence-electron chi connectivity index (χ2n) is 8.12. The Morgan fingerprint density at radius 1 is 1.21 bits per heavy atom. The molecule has 1 fully saturated rings. The van der Waals surface area contributed by atoms with Crippen LogP contribution in [0, 0.1) is 31.1 Å². The normalized spacial score (nSPS) is 14.1. The first-order chi connectivity index (χ1) is 13.9. The Hall–Kier alpha value is -2.71. The third-order valence-electron chi connectivity index (χ3n) is 5.33. The lowest BCUT2D eigenvalue weighted by Crippen LogP contribution is -2.41. The number of carbonyl (C=O) groups excluding carboxylic acids is 1. The summed E-state index contributed by atoms with van der Waals surface area (Å²) < 4.78 is 5.37. The van der Waals surface area contributed by atoms with Crippen LogP contribution >= 0.6 is 0 Å². The third-order valence-corrected chi connectivity index (χ3v) is 5.33. The van der Waals surface area contributed by atoms with Gasteiger partial charge in [0.05, 0.1) is 30.9 Å². The van der Waals surface area contributed by atoms with Crippen molar-refractivity contribution in [3.63, 3.8) is 0 Å². The van der Waals surface area contributed by atoms with Crippen molar-refractivity contribution in [3.8, 4) is 17.2 Å². The van der Waals surface area contributed by atoms with Gasteiger partial charge in [0, 0.05) is 24.3 Å². The summed E-state index contributed by atoms with van der Waals surface area (Å²) in [6.07, 6.45) is 0.985. The topological polar surface area (TPSA) is 66.2 Å². The van der Waals surface area contributed by atoms with Gasteiger partial charge in [-0.3, -0.25) is 9.78 Å². The number of carbonyl (C=O) groups is 1. The predicted octanol–water partition coefficient (Wildman–Crippen LogP) is 3.84. The molecule has 0 bridgehead atoms. The summed E-state index contributed by atoms with van der Waals surface area (Å²) in [5.41, 5.74) is 6.08. The first-order valence-electron chi connectivity index (χ1n) is 10.3. The minimum Gasteiger partial charge on any atom is -0.378 e. The van der Waals surface area contributed by atoms with E-state index in [1.54, 1.807) is 0 Å². The lowest BCUT2D eigenvalue weighted by molar-refractivity contribution is -0.134. The standard InChI is InChI=1S/C24H29N3O2/c1-16(2)13-22-21(15-25)24(19-7-5-17(3)6-8-19)20(18(4)26-22)14-23(28)27-9-11-29-12-10-27/h5-8,16H,9-14H2,1-4H3. The van der Waals surface area contributed by atoms with Gasteiger partial charge < -0.3 is 9.64 Å². The van der Waals surface area contributed by atoms with Crippen molar-refractivity contribution in [1.29, 1.82) is 5.26 Å². The van der Waals surface area contributed by atoms with Crippen LogP contribution in [0.15, 0.2) is 24.3 Å². The van der Waals surface area contributed by atoms with Crippen LogP contribution in [0.4, 0.5) is 0 Å². The molecule has 5 heteroatoms. The van der Waals surface area contributed by atoms with Crippen LogP contribution in [-0.2, 0) is 22.4 Å². The largest absolute Gasteiger partial charge is 0.378 e. The Balaban J connectivity index is 2.11. The van der Waals surface area contributed by atoms with Crippen LogP contribution in [0.2, 0.25) is 0 Å². The van der Waals surface area contributed by atoms with E-state index < -0.39 is 0 Å². The number of hydrogen-bond acceptors (Lipinski definition) is 4. The highest BCUT2D eigenvalue weighted by Gasteiger charge is 2.24. The van der Waals surface area contributed by atoms with E-state index >= 15 is 0 Å². The second-order valence-corrected chi connectivity index (χ2v) is 8.12. The molecule has 0 spiro atoms. The van der Waals surface area contributed by atoms with Crippen molar-refractivity contribution in [2.75, 3.05) is 26.3 Å². The molecule has 29 heavy (non-hydrogen) atoms. The van der Waals surface area contributed by atoms with E-state index in [4.69, 9.17) is 9.72 Å². The molecule has 152 valence electrons. The van der Waals surface area contributed by atoms with Crippen LogP contribution in [0.1, 0.15) is 41.9 Å². The maximum Gasteiger partial charge on any atom is 0.227 e. The zero-order chi connectivity index (χ0) is 21.0. The van der Waals surface area contributed by atoms with Crippen molar-refractivity contribution < 1.29 is 9.53 Å². The molecular formula is C24H29N3O2. The zero-order valence-electron chi connectivity index (χ0n) is 17.8. The van der Waals surface area contributed by atoms with Crippen LogP contribution < -0.4 is 0 Å². The lowest BCUT2D eigenvalue weighted by atomic mass is 9.89. The van der Waals surface area contributed by atoms with E-state index in [9.17, 15) is 10.1 Å². The number of rotatable bonds is 5. The van der Waals surface area contributed by atoms with Gasteiger partial charge in [-0.05, 0) is 37.3 Å². The van der Waals surface area contributed by atoms with Crippen LogP contribution in [0.5, 0.6) is 0 Å². The fourth-order valence-electron chi connectivity index (χ4n) is 3.79. The Kier molecular flexibility index (Phi) is 6.66. The third kappa shape index (κ3) is 4.83. The molecule has 0 radical (unpaired) electrons. The highest BCUT2D eigenvalue weighted by Crippen LogP contribution is 2.33. The number of amides is 1. The lowest BCUT2D eigenvalue weighted by Gasteiger charge is -2.27. The Morgan fingerprint density at radius 2 is 1.86 bits per heavy atom. The summed E-state index contributed by atoms with van der Waals surface area (Å²) in [5.74, 6) is 0.452. The number of aryl methyl sites for hydroxylation is 2. The molecule has 0 unspecified atom stereocenters. The van der Waals surface area contributed by atoms with E-state index in [1.165, 1.54) is 0 Å². The molecule has 0 atom stereocenters. The summed E-state index contributed by atoms with van der Waals surface area (Å²) in [4.78, 5) is 19.6. The van der Waals surface area contributed by atoms with Gasteiger partial charge in [0.2, 0.25) is 5.91 Å². The molecule has 1 aliphatic heterocycles. The molecule has 5 nitrogen and oxygen atoms in total. The maximum absolute atomic E-state index is 13.0. The number of benzene rings is 1. The first kappa shape index (κ1) is 21.0. The van der Waals surface area contributed by atoms with Crippen LogP contribution in [-0.4, -0.2) is 42.1 Å². The summed E-state index contributed by atoms with van der Waals surface area (Å²) in [5, 5.41) is 10.0. The number of hydrogen-bond donors (Lipinski definition) is 0. The number of morpholine rings is 1. The highest BCUT2D eigenvalue weighted by atomic mass is 16.5. The van der Waals surface area contributed by atoms with Gasteiger partial charge in [0.1, 0.15) is 6.07 Å². The number of ether oxygens (including phenoxy) is 1. The van der Waals surface area contributed by atoms with Gasteiger partial charge in [0.25, 0.3) is 0 Å². The van der Waals surface area contributed by atoms with Crippen LogP contribution in [0.3, 0.4) is 0 Å². The average molecular weight is 392 g/mol. The van der Waals surface area contributed by atoms with Crippen molar-refractivity contribution in [2.45, 2.75) is 40.5 Å². The van der Waals surface area contributed by atoms with Crippen molar-refractivity contribution in [3.05, 3.63) is 52.3 Å². The molecule has 1 aromatic carbocycles. The number of aromatic nitrogens is 1. The molecule has 1 saturated heterocycles. The van der Waals surface area contributed by atoms with E-state index in [2.05, 4.69) is 19.9 Å². The maximum atomic E-state index is 13.0. The fourth-order valence-corrected chi connectivity index (χ4v) is 3.79. The SMILES string of the molecule is Cc1ccc(-c2c(C#N)c(CC(C)C)nc(C)c2CC(=O)N2CCOCC2)cc1. The molecular weight excluding hydrogens is 362 g/mol. The van der Waals surface area contributed by atoms with Gasteiger partial charge >= 0.3 is 0 Å². The van der Waals surface area contributed by atoms with Gasteiger partial charge in [-0.1, -0.05) is 43.7 Å². The van der Waals surface area contributed by atoms with E-state index in [1.807, 2.05) is 43.0 Å². The summed E-state index contributed by atoms with van der Waals surface area (Å²) in [6, 6.07) is 10.6. The Labute approximate surface area is 173 Å². The highest BCUT2D eigenvalue weighted by molar-refractivity contribution is 5.85. The summed E-state index contributed by atoms with van der Waals surface area (Å²) >= 11 is 0. The van der Waals surface area contributed by atoms with E-state index in [-0.39, 0.29) is 12.3 Å². The second kappa shape index (κ2) is 9.19. The Bertz CT molecular complexity index is 921. The molecule has 1 aliphatic rings. The average Bonchev–Trinajstić information content (AvgIpc) is 2.70. The monoisotopic (exact) mass is 391 g/mol. The van der Waals surface area contributed by atoms with Gasteiger partial charge in [-0.2, -0.15) is 5.26 Å². The summed E-state index contributed by atoms with van der Waals surface area (Å²) in [6.45, 7) is 10.6. The van der Waals surface area contributed by atoms with Gasteiger partial charge in [0.15, 0.2) is 0 Å². The first-order valence-corrected chi connectivity index (χ1v) is 10.3. The number of nitriles is 1. The van der Waals surface area contributed by atoms with Crippen molar-refractivity contribution in [2.24, 2.45) is 5.92 Å². The predicted molar refractivity (Wildman–Crippen MR) is 114 cm³/mol. The van der Waals surface area contributed by atoms with E-state index in [0.29, 0.717) is 37.8 Å². The molecule has 1 amide bonds. The van der Waals surface area contributed by atoms with Crippen molar-refractivity contribution >= 4 is 5.91 Å². The number of pyridine rings is 1. The minimum atomic E-state index is 0.0621. The minimum absolute atomic E-state index is 0.0621. The van der Waals surface area contributed by atoms with Crippen molar-refractivity contribution in [1.82, 2.24) is 9.88 Å². The van der Waals surface area contributed by atoms with Gasteiger partial charge in [-0.15, -0.1) is 0 Å². The Morgan fingerprint density at radius 3 is 2.45 bits per heavy atom. The quantitative estimate of drug-likeness (QED) is 0.777. The van der Waals surface area contributed by atoms with E-state index in [0.717, 1.165) is 40.1 Å². The molecule has 2 aromatic rings. The smallest absolute Gasteiger partial charge is 0.227 e.